The van der Waals surface area contributed by atoms with E-state index in [4.69, 9.17) is 9.26 Å². The number of esters is 1. The molecule has 0 unspecified atom stereocenters. The normalized spacial score (nSPS) is 11.0. The van der Waals surface area contributed by atoms with Crippen LogP contribution in [0.2, 0.25) is 0 Å². The number of aromatic nitrogens is 3. The Balaban J connectivity index is 1.49. The van der Waals surface area contributed by atoms with Crippen LogP contribution in [0.15, 0.2) is 64.4 Å². The summed E-state index contributed by atoms with van der Waals surface area (Å²) in [5.74, 6) is 0.366. The van der Waals surface area contributed by atoms with E-state index in [1.807, 2.05) is 13.0 Å². The molecular weight excluding hydrogens is 393 g/mol. The highest BCUT2D eigenvalue weighted by Crippen LogP contribution is 2.25. The molecule has 0 aliphatic carbocycles. The standard InChI is InChI=1S/C21H16FN3O3S/c1-13-10-15(25-28-13)12-29-20-17(5-3-9-24-20)21(26)27-11-14-6-7-18(22)16-4-2-8-23-19(14)16/h2-10H,11-12H2,1H3. The maximum Gasteiger partial charge on any atom is 0.341 e. The topological polar surface area (TPSA) is 78.1 Å². The number of carbonyl (C=O) groups excluding carboxylic acids is 1. The van der Waals surface area contributed by atoms with Crippen LogP contribution in [-0.2, 0) is 17.1 Å². The molecule has 0 fully saturated rings. The largest absolute Gasteiger partial charge is 0.457 e. The monoisotopic (exact) mass is 409 g/mol. The van der Waals surface area contributed by atoms with Gasteiger partial charge in [0.2, 0.25) is 0 Å². The number of thioether (sulfide) groups is 1. The molecule has 0 spiro atoms. The van der Waals surface area contributed by atoms with Crippen molar-refractivity contribution in [1.82, 2.24) is 15.1 Å². The lowest BCUT2D eigenvalue weighted by Crippen LogP contribution is -2.08. The molecule has 0 bridgehead atoms. The highest BCUT2D eigenvalue weighted by atomic mass is 32.2. The van der Waals surface area contributed by atoms with E-state index in [0.29, 0.717) is 32.8 Å². The van der Waals surface area contributed by atoms with Crippen LogP contribution in [0.3, 0.4) is 0 Å². The van der Waals surface area contributed by atoms with Crippen LogP contribution in [0.4, 0.5) is 4.39 Å². The van der Waals surface area contributed by atoms with Crippen molar-refractivity contribution in [3.8, 4) is 0 Å². The highest BCUT2D eigenvalue weighted by molar-refractivity contribution is 7.98. The molecule has 0 atom stereocenters. The number of ether oxygens (including phenoxy) is 1. The fourth-order valence-electron chi connectivity index (χ4n) is 2.82. The molecule has 0 saturated heterocycles. The number of nitrogens with zero attached hydrogens (tertiary/aromatic N) is 3. The van der Waals surface area contributed by atoms with Gasteiger partial charge in [-0.15, -0.1) is 0 Å². The van der Waals surface area contributed by atoms with Crippen molar-refractivity contribution in [2.24, 2.45) is 0 Å². The van der Waals surface area contributed by atoms with E-state index >= 15 is 0 Å². The first-order valence-electron chi connectivity index (χ1n) is 8.81. The Morgan fingerprint density at radius 2 is 2.00 bits per heavy atom. The quantitative estimate of drug-likeness (QED) is 0.337. The van der Waals surface area contributed by atoms with Gasteiger partial charge in [-0.25, -0.2) is 14.2 Å². The average Bonchev–Trinajstić information content (AvgIpc) is 3.17. The Hall–Kier alpha value is -3.26. The van der Waals surface area contributed by atoms with E-state index in [1.54, 1.807) is 42.7 Å². The van der Waals surface area contributed by atoms with Crippen molar-refractivity contribution in [3.63, 3.8) is 0 Å². The van der Waals surface area contributed by atoms with Crippen LogP contribution in [-0.4, -0.2) is 21.1 Å². The zero-order chi connectivity index (χ0) is 20.2. The highest BCUT2D eigenvalue weighted by Gasteiger charge is 2.16. The fourth-order valence-corrected chi connectivity index (χ4v) is 3.69. The van der Waals surface area contributed by atoms with E-state index in [1.165, 1.54) is 17.8 Å². The molecule has 29 heavy (non-hydrogen) atoms. The molecule has 4 rings (SSSR count). The average molecular weight is 409 g/mol. The van der Waals surface area contributed by atoms with Crippen LogP contribution in [0.1, 0.15) is 27.4 Å². The lowest BCUT2D eigenvalue weighted by atomic mass is 10.1. The third-order valence-corrected chi connectivity index (χ3v) is 5.22. The van der Waals surface area contributed by atoms with Crippen LogP contribution < -0.4 is 0 Å². The van der Waals surface area contributed by atoms with Gasteiger partial charge >= 0.3 is 5.97 Å². The van der Waals surface area contributed by atoms with Crippen molar-refractivity contribution in [1.29, 1.82) is 0 Å². The number of pyridine rings is 2. The number of benzene rings is 1. The van der Waals surface area contributed by atoms with Gasteiger partial charge in [0.1, 0.15) is 23.2 Å². The second kappa shape index (κ2) is 8.40. The van der Waals surface area contributed by atoms with Gasteiger partial charge in [-0.3, -0.25) is 4.98 Å². The maximum absolute atomic E-state index is 13.9. The van der Waals surface area contributed by atoms with Gasteiger partial charge in [0.15, 0.2) is 0 Å². The second-order valence-corrected chi connectivity index (χ2v) is 7.22. The molecule has 6 nitrogen and oxygen atoms in total. The van der Waals surface area contributed by atoms with E-state index in [-0.39, 0.29) is 12.4 Å². The smallest absolute Gasteiger partial charge is 0.341 e. The summed E-state index contributed by atoms with van der Waals surface area (Å²) in [5, 5.41) is 4.87. The van der Waals surface area contributed by atoms with Crippen molar-refractivity contribution in [3.05, 3.63) is 83.3 Å². The van der Waals surface area contributed by atoms with Gasteiger partial charge in [0, 0.05) is 35.2 Å². The molecule has 3 aromatic heterocycles. The number of aryl methyl sites for hydroxylation is 1. The van der Waals surface area contributed by atoms with E-state index in [9.17, 15) is 9.18 Å². The fraction of sp³-hybridized carbons (Fsp3) is 0.143. The predicted molar refractivity (Wildman–Crippen MR) is 106 cm³/mol. The SMILES string of the molecule is Cc1cc(CSc2ncccc2C(=O)OCc2ccc(F)c3cccnc23)no1. The van der Waals surface area contributed by atoms with Gasteiger partial charge in [0.05, 0.1) is 16.8 Å². The summed E-state index contributed by atoms with van der Waals surface area (Å²) in [4.78, 5) is 21.1. The summed E-state index contributed by atoms with van der Waals surface area (Å²) in [5.41, 5.74) is 2.23. The first-order valence-corrected chi connectivity index (χ1v) is 9.79. The van der Waals surface area contributed by atoms with Gasteiger partial charge in [-0.1, -0.05) is 23.0 Å². The Labute approximate surface area is 170 Å². The van der Waals surface area contributed by atoms with Crippen LogP contribution >= 0.6 is 11.8 Å². The number of halogens is 1. The summed E-state index contributed by atoms with van der Waals surface area (Å²) in [6.07, 6.45) is 3.19. The van der Waals surface area contributed by atoms with Gasteiger partial charge in [-0.2, -0.15) is 0 Å². The Kier molecular flexibility index (Phi) is 5.53. The molecular formula is C21H16FN3O3S. The molecule has 0 aliphatic heterocycles. The van der Waals surface area contributed by atoms with Crippen molar-refractivity contribution < 1.29 is 18.4 Å². The Morgan fingerprint density at radius 3 is 2.83 bits per heavy atom. The Bertz CT molecular complexity index is 1180. The summed E-state index contributed by atoms with van der Waals surface area (Å²) >= 11 is 1.37. The molecule has 3 heterocycles. The molecule has 0 N–H and O–H groups in total. The van der Waals surface area contributed by atoms with Gasteiger partial charge in [-0.05, 0) is 37.3 Å². The summed E-state index contributed by atoms with van der Waals surface area (Å²) in [6, 6.07) is 11.4. The van der Waals surface area contributed by atoms with Crippen LogP contribution in [0.25, 0.3) is 10.9 Å². The number of fused-ring (bicyclic) bond motifs is 1. The molecule has 146 valence electrons. The molecule has 0 saturated carbocycles. The molecule has 0 radical (unpaired) electrons. The van der Waals surface area contributed by atoms with E-state index in [0.717, 1.165) is 11.5 Å². The minimum Gasteiger partial charge on any atom is -0.457 e. The van der Waals surface area contributed by atoms with Crippen LogP contribution in [0.5, 0.6) is 0 Å². The number of hydrogen-bond acceptors (Lipinski definition) is 7. The minimum absolute atomic E-state index is 0.0197. The molecule has 4 aromatic rings. The summed E-state index contributed by atoms with van der Waals surface area (Å²) < 4.78 is 24.5. The van der Waals surface area contributed by atoms with Gasteiger partial charge < -0.3 is 9.26 Å². The molecule has 8 heteroatoms. The summed E-state index contributed by atoms with van der Waals surface area (Å²) in [7, 11) is 0. The van der Waals surface area contributed by atoms with Gasteiger partial charge in [0.25, 0.3) is 0 Å². The molecule has 0 amide bonds. The lowest BCUT2D eigenvalue weighted by molar-refractivity contribution is 0.0469. The van der Waals surface area contributed by atoms with Crippen molar-refractivity contribution in [2.45, 2.75) is 24.3 Å². The molecule has 1 aromatic carbocycles. The molecule has 0 aliphatic rings. The number of rotatable bonds is 6. The van der Waals surface area contributed by atoms with Crippen molar-refractivity contribution in [2.75, 3.05) is 0 Å². The summed E-state index contributed by atoms with van der Waals surface area (Å²) in [6.45, 7) is 1.80. The first-order chi connectivity index (χ1) is 14.1. The first kappa shape index (κ1) is 19.1. The predicted octanol–water partition coefficient (Wildman–Crippen LogP) is 4.71. The van der Waals surface area contributed by atoms with Crippen molar-refractivity contribution >= 4 is 28.6 Å². The zero-order valence-corrected chi connectivity index (χ0v) is 16.3. The minimum atomic E-state index is -0.509. The third kappa shape index (κ3) is 4.27. The third-order valence-electron chi connectivity index (χ3n) is 4.18. The maximum atomic E-state index is 13.9. The number of hydrogen-bond donors (Lipinski definition) is 0. The van der Waals surface area contributed by atoms with E-state index < -0.39 is 5.97 Å². The number of carbonyl (C=O) groups is 1. The van der Waals surface area contributed by atoms with E-state index in [2.05, 4.69) is 15.1 Å². The lowest BCUT2D eigenvalue weighted by Gasteiger charge is -2.10. The van der Waals surface area contributed by atoms with Crippen LogP contribution in [0, 0.1) is 12.7 Å². The Morgan fingerprint density at radius 1 is 1.17 bits per heavy atom. The zero-order valence-electron chi connectivity index (χ0n) is 15.5. The second-order valence-electron chi connectivity index (χ2n) is 6.26.